The third-order valence-corrected chi connectivity index (χ3v) is 4.49. The fourth-order valence-corrected chi connectivity index (χ4v) is 3.07. The zero-order valence-electron chi connectivity index (χ0n) is 11.6. The fraction of sp³-hybridized carbons (Fsp3) is 0.294. The Morgan fingerprint density at radius 1 is 1.10 bits per heavy atom. The maximum absolute atomic E-state index is 3.51. The number of nitrogens with one attached hydrogen (secondary N) is 1. The molecule has 104 valence electrons. The summed E-state index contributed by atoms with van der Waals surface area (Å²) in [5.41, 5.74) is 4.09. The van der Waals surface area contributed by atoms with E-state index in [1.54, 1.807) is 0 Å². The molecule has 1 aliphatic heterocycles. The first-order chi connectivity index (χ1) is 9.75. The molecule has 1 heterocycles. The number of benzene rings is 2. The van der Waals surface area contributed by atoms with Crippen LogP contribution in [0.5, 0.6) is 0 Å². The van der Waals surface area contributed by atoms with E-state index in [0.29, 0.717) is 6.04 Å². The number of rotatable bonds is 2. The predicted octanol–water partition coefficient (Wildman–Crippen LogP) is 4.12. The monoisotopic (exact) mass is 330 g/mol. The highest BCUT2D eigenvalue weighted by atomic mass is 79.9. The van der Waals surface area contributed by atoms with Gasteiger partial charge in [-0.05, 0) is 36.2 Å². The number of anilines is 1. The Morgan fingerprint density at radius 2 is 1.85 bits per heavy atom. The average molecular weight is 331 g/mol. The minimum atomic E-state index is 0.379. The van der Waals surface area contributed by atoms with Crippen LogP contribution in [0.15, 0.2) is 53.0 Å². The van der Waals surface area contributed by atoms with Crippen LogP contribution in [0.2, 0.25) is 0 Å². The normalized spacial score (nSPS) is 16.4. The van der Waals surface area contributed by atoms with Crippen molar-refractivity contribution in [1.82, 2.24) is 5.32 Å². The van der Waals surface area contributed by atoms with Crippen LogP contribution in [-0.4, -0.2) is 13.1 Å². The van der Waals surface area contributed by atoms with Crippen LogP contribution >= 0.6 is 15.9 Å². The summed E-state index contributed by atoms with van der Waals surface area (Å²) in [7, 11) is 0. The molecule has 3 rings (SSSR count). The van der Waals surface area contributed by atoms with Gasteiger partial charge in [0.25, 0.3) is 0 Å². The average Bonchev–Trinajstić information content (AvgIpc) is 2.69. The van der Waals surface area contributed by atoms with Crippen LogP contribution in [0.3, 0.4) is 0 Å². The van der Waals surface area contributed by atoms with Crippen molar-refractivity contribution in [3.05, 3.63) is 64.1 Å². The van der Waals surface area contributed by atoms with Crippen molar-refractivity contribution < 1.29 is 0 Å². The summed E-state index contributed by atoms with van der Waals surface area (Å²) in [6.07, 6.45) is 0. The highest BCUT2D eigenvalue weighted by molar-refractivity contribution is 9.10. The van der Waals surface area contributed by atoms with E-state index < -0.39 is 0 Å². The topological polar surface area (TPSA) is 15.3 Å². The van der Waals surface area contributed by atoms with Crippen LogP contribution in [0.1, 0.15) is 24.1 Å². The second-order valence-electron chi connectivity index (χ2n) is 5.23. The smallest absolute Gasteiger partial charge is 0.0514 e. The van der Waals surface area contributed by atoms with Crippen molar-refractivity contribution in [3.63, 3.8) is 0 Å². The van der Waals surface area contributed by atoms with Gasteiger partial charge in [-0.15, -0.1) is 0 Å². The van der Waals surface area contributed by atoms with E-state index in [9.17, 15) is 0 Å². The van der Waals surface area contributed by atoms with E-state index in [1.165, 1.54) is 16.8 Å². The molecular formula is C17H19BrN2. The van der Waals surface area contributed by atoms with E-state index in [2.05, 4.69) is 81.6 Å². The van der Waals surface area contributed by atoms with Crippen LogP contribution in [0.25, 0.3) is 0 Å². The molecule has 0 saturated heterocycles. The molecule has 0 saturated carbocycles. The lowest BCUT2D eigenvalue weighted by atomic mass is 10.0. The molecule has 20 heavy (non-hydrogen) atoms. The molecule has 2 aromatic rings. The van der Waals surface area contributed by atoms with Gasteiger partial charge in [0.1, 0.15) is 0 Å². The van der Waals surface area contributed by atoms with Crippen LogP contribution in [-0.2, 0) is 6.54 Å². The third kappa shape index (κ3) is 2.74. The SMILES string of the molecule is CC(c1ccc(Br)cc1)N1CCNCc2ccccc21. The van der Waals surface area contributed by atoms with Crippen molar-refractivity contribution in [2.75, 3.05) is 18.0 Å². The highest BCUT2D eigenvalue weighted by Gasteiger charge is 2.20. The molecule has 3 heteroatoms. The van der Waals surface area contributed by atoms with Crippen molar-refractivity contribution in [3.8, 4) is 0 Å². The Bertz CT molecular complexity index is 580. The van der Waals surface area contributed by atoms with Gasteiger partial charge < -0.3 is 10.2 Å². The van der Waals surface area contributed by atoms with Gasteiger partial charge in [-0.1, -0.05) is 46.3 Å². The Kier molecular flexibility index (Phi) is 4.08. The number of hydrogen-bond acceptors (Lipinski definition) is 2. The lowest BCUT2D eigenvalue weighted by Crippen LogP contribution is -2.31. The summed E-state index contributed by atoms with van der Waals surface area (Å²) >= 11 is 3.51. The van der Waals surface area contributed by atoms with Gasteiger partial charge in [-0.25, -0.2) is 0 Å². The third-order valence-electron chi connectivity index (χ3n) is 3.97. The fourth-order valence-electron chi connectivity index (χ4n) is 2.81. The van der Waals surface area contributed by atoms with E-state index in [-0.39, 0.29) is 0 Å². The molecule has 0 radical (unpaired) electrons. The van der Waals surface area contributed by atoms with Crippen LogP contribution in [0, 0.1) is 0 Å². The van der Waals surface area contributed by atoms with Gasteiger partial charge in [0, 0.05) is 29.8 Å². The van der Waals surface area contributed by atoms with Crippen molar-refractivity contribution in [2.45, 2.75) is 19.5 Å². The van der Waals surface area contributed by atoms with Gasteiger partial charge in [-0.2, -0.15) is 0 Å². The van der Waals surface area contributed by atoms with Crippen LogP contribution < -0.4 is 10.2 Å². The van der Waals surface area contributed by atoms with Crippen molar-refractivity contribution in [1.29, 1.82) is 0 Å². The molecule has 0 aliphatic carbocycles. The summed E-state index contributed by atoms with van der Waals surface area (Å²) in [5, 5.41) is 3.50. The Balaban J connectivity index is 1.94. The predicted molar refractivity (Wildman–Crippen MR) is 88.1 cm³/mol. The van der Waals surface area contributed by atoms with Crippen LogP contribution in [0.4, 0.5) is 5.69 Å². The summed E-state index contributed by atoms with van der Waals surface area (Å²) in [4.78, 5) is 2.50. The molecule has 0 amide bonds. The number of para-hydroxylation sites is 1. The highest BCUT2D eigenvalue weighted by Crippen LogP contribution is 2.31. The van der Waals surface area contributed by atoms with E-state index in [1.807, 2.05) is 0 Å². The molecule has 2 nitrogen and oxygen atoms in total. The second kappa shape index (κ2) is 5.98. The van der Waals surface area contributed by atoms with Gasteiger partial charge in [-0.3, -0.25) is 0 Å². The Morgan fingerprint density at radius 3 is 2.65 bits per heavy atom. The standard InChI is InChI=1S/C17H19BrN2/c1-13(14-6-8-16(18)9-7-14)20-11-10-19-12-15-4-2-3-5-17(15)20/h2-9,13,19H,10-12H2,1H3. The Labute approximate surface area is 128 Å². The Hall–Kier alpha value is -1.32. The maximum atomic E-state index is 3.51. The molecule has 2 aromatic carbocycles. The summed E-state index contributed by atoms with van der Waals surface area (Å²) < 4.78 is 1.13. The van der Waals surface area contributed by atoms with Crippen molar-refractivity contribution in [2.24, 2.45) is 0 Å². The second-order valence-corrected chi connectivity index (χ2v) is 6.14. The minimum absolute atomic E-state index is 0.379. The van der Waals surface area contributed by atoms with E-state index in [0.717, 1.165) is 24.1 Å². The molecule has 0 aromatic heterocycles. The number of fused-ring (bicyclic) bond motifs is 1. The molecule has 1 N–H and O–H groups in total. The quantitative estimate of drug-likeness (QED) is 0.890. The molecule has 0 spiro atoms. The first-order valence-electron chi connectivity index (χ1n) is 7.06. The number of halogens is 1. The molecule has 0 fully saturated rings. The van der Waals surface area contributed by atoms with E-state index in [4.69, 9.17) is 0 Å². The number of nitrogens with zero attached hydrogens (tertiary/aromatic N) is 1. The molecule has 1 atom stereocenters. The minimum Gasteiger partial charge on any atom is -0.363 e. The lowest BCUT2D eigenvalue weighted by Gasteiger charge is -2.31. The molecule has 1 unspecified atom stereocenters. The lowest BCUT2D eigenvalue weighted by molar-refractivity contribution is 0.638. The summed E-state index contributed by atoms with van der Waals surface area (Å²) in [5.74, 6) is 0. The zero-order valence-corrected chi connectivity index (χ0v) is 13.2. The van der Waals surface area contributed by atoms with Gasteiger partial charge in [0.05, 0.1) is 6.04 Å². The summed E-state index contributed by atoms with van der Waals surface area (Å²) in [6, 6.07) is 17.7. The van der Waals surface area contributed by atoms with E-state index >= 15 is 0 Å². The summed E-state index contributed by atoms with van der Waals surface area (Å²) in [6.45, 7) is 5.30. The van der Waals surface area contributed by atoms with Gasteiger partial charge in [0.15, 0.2) is 0 Å². The molecular weight excluding hydrogens is 312 g/mol. The first kappa shape index (κ1) is 13.7. The maximum Gasteiger partial charge on any atom is 0.0514 e. The molecule has 0 bridgehead atoms. The van der Waals surface area contributed by atoms with Crippen molar-refractivity contribution >= 4 is 21.6 Å². The molecule has 1 aliphatic rings. The number of hydrogen-bond donors (Lipinski definition) is 1. The zero-order chi connectivity index (χ0) is 13.9. The largest absolute Gasteiger partial charge is 0.363 e. The van der Waals surface area contributed by atoms with Gasteiger partial charge in [0.2, 0.25) is 0 Å². The van der Waals surface area contributed by atoms with Gasteiger partial charge >= 0.3 is 0 Å². The first-order valence-corrected chi connectivity index (χ1v) is 7.86.